The highest BCUT2D eigenvalue weighted by Crippen LogP contribution is 2.49. The fourth-order valence-electron chi connectivity index (χ4n) is 18.5. The van der Waals surface area contributed by atoms with Crippen LogP contribution in [0.1, 0.15) is 0 Å². The van der Waals surface area contributed by atoms with Gasteiger partial charge < -0.3 is 31.8 Å². The first-order valence-corrected chi connectivity index (χ1v) is 38.2. The first kappa shape index (κ1) is 60.7. The number of aromatic nitrogens is 8. The van der Waals surface area contributed by atoms with Crippen LogP contribution in [0.15, 0.2) is 369 Å². The zero-order valence-electron chi connectivity index (χ0n) is 59.0. The SMILES string of the molecule is c1ccc(-c2cccc3c2sc2c(-n4c5ccccc5c5c6c7ccccc7n(-c7ccc8c(c7)c7cnccc7n8-c7ccccc7)c6ccc54)cccc23)cc1.c1ccc(-n2c3ccncc3c3cc(-n4c5ccccc5c5c6c7ccccc7n(-c7ccc8oc9ccccc9c8c7)c6ccc54)ccc32)cc1. The second-order valence-corrected chi connectivity index (χ2v) is 29.8. The minimum absolute atomic E-state index is 0.899. The Bertz CT molecular complexity index is 8170. The predicted molar refractivity (Wildman–Crippen MR) is 460 cm³/mol. The summed E-state index contributed by atoms with van der Waals surface area (Å²) >= 11 is 1.90. The normalized spacial score (nSPS) is 12.2. The van der Waals surface area contributed by atoms with E-state index in [0.29, 0.717) is 0 Å². The van der Waals surface area contributed by atoms with Gasteiger partial charge in [-0.2, -0.15) is 0 Å². The molecule has 10 aromatic heterocycles. The van der Waals surface area contributed by atoms with E-state index in [0.717, 1.165) is 83.2 Å². The predicted octanol–water partition coefficient (Wildman–Crippen LogP) is 26.7. The molecule has 0 fully saturated rings. The highest BCUT2D eigenvalue weighted by molar-refractivity contribution is 7.26. The summed E-state index contributed by atoms with van der Waals surface area (Å²) in [5.74, 6) is 0. The summed E-state index contributed by atoms with van der Waals surface area (Å²) in [6.07, 6.45) is 7.77. The average Bonchev–Trinajstić information content (AvgIpc) is 1.54. The molecule has 10 heteroatoms. The van der Waals surface area contributed by atoms with Gasteiger partial charge in [-0.25, -0.2) is 0 Å². The highest BCUT2D eigenvalue weighted by Gasteiger charge is 2.26. The van der Waals surface area contributed by atoms with Gasteiger partial charge in [-0.1, -0.05) is 188 Å². The lowest BCUT2D eigenvalue weighted by atomic mass is 10.0. The molecular formula is C100H60N8OS. The highest BCUT2D eigenvalue weighted by atomic mass is 32.1. The number of benzene rings is 15. The van der Waals surface area contributed by atoms with Gasteiger partial charge in [0.2, 0.25) is 0 Å². The molecule has 15 aromatic carbocycles. The Morgan fingerprint density at radius 1 is 0.218 bits per heavy atom. The lowest BCUT2D eigenvalue weighted by Gasteiger charge is -2.11. The van der Waals surface area contributed by atoms with Gasteiger partial charge >= 0.3 is 0 Å². The summed E-state index contributed by atoms with van der Waals surface area (Å²) in [7, 11) is 0. The summed E-state index contributed by atoms with van der Waals surface area (Å²) in [5.41, 5.74) is 25.3. The Kier molecular flexibility index (Phi) is 12.9. The van der Waals surface area contributed by atoms with Crippen LogP contribution in [-0.2, 0) is 0 Å². The van der Waals surface area contributed by atoms with Gasteiger partial charge in [0.25, 0.3) is 0 Å². The smallest absolute Gasteiger partial charge is 0.135 e. The van der Waals surface area contributed by atoms with E-state index in [2.05, 4.69) is 365 Å². The summed E-state index contributed by atoms with van der Waals surface area (Å²) < 4.78 is 23.3. The molecule has 110 heavy (non-hydrogen) atoms. The molecule has 0 saturated heterocycles. The topological polar surface area (TPSA) is 68.5 Å². The van der Waals surface area contributed by atoms with Crippen molar-refractivity contribution in [1.29, 1.82) is 0 Å². The van der Waals surface area contributed by atoms with Crippen molar-refractivity contribution in [2.24, 2.45) is 0 Å². The van der Waals surface area contributed by atoms with E-state index in [1.54, 1.807) is 0 Å². The first-order valence-electron chi connectivity index (χ1n) is 37.3. The molecule has 0 amide bonds. The van der Waals surface area contributed by atoms with Crippen molar-refractivity contribution in [3.63, 3.8) is 0 Å². The number of hydrogen-bond donors (Lipinski definition) is 0. The first-order chi connectivity index (χ1) is 54.6. The number of furan rings is 1. The van der Waals surface area contributed by atoms with Gasteiger partial charge in [-0.05, 0) is 163 Å². The Morgan fingerprint density at radius 2 is 0.573 bits per heavy atom. The number of thiophene rings is 1. The maximum atomic E-state index is 6.21. The van der Waals surface area contributed by atoms with Crippen LogP contribution in [0.4, 0.5) is 0 Å². The molecule has 9 nitrogen and oxygen atoms in total. The molecule has 0 spiro atoms. The Morgan fingerprint density at radius 3 is 1.08 bits per heavy atom. The lowest BCUT2D eigenvalue weighted by Crippen LogP contribution is -1.96. The van der Waals surface area contributed by atoms with E-state index in [4.69, 9.17) is 4.42 Å². The number of hydrogen-bond acceptors (Lipinski definition) is 4. The minimum Gasteiger partial charge on any atom is -0.456 e. The van der Waals surface area contributed by atoms with Crippen molar-refractivity contribution >= 4 is 184 Å². The summed E-state index contributed by atoms with van der Waals surface area (Å²) in [4.78, 5) is 9.13. The largest absolute Gasteiger partial charge is 0.456 e. The van der Waals surface area contributed by atoms with Gasteiger partial charge in [0.1, 0.15) is 11.2 Å². The van der Waals surface area contributed by atoms with Crippen molar-refractivity contribution in [1.82, 2.24) is 37.4 Å². The van der Waals surface area contributed by atoms with E-state index >= 15 is 0 Å². The molecule has 512 valence electrons. The molecule has 0 aliphatic carbocycles. The molecule has 25 aromatic rings. The number of fused-ring (bicyclic) bond motifs is 26. The zero-order valence-corrected chi connectivity index (χ0v) is 59.9. The Labute approximate surface area is 631 Å². The third-order valence-electron chi connectivity index (χ3n) is 23.0. The molecule has 0 bridgehead atoms. The summed E-state index contributed by atoms with van der Waals surface area (Å²) in [6.45, 7) is 0. The number of pyridine rings is 2. The van der Waals surface area contributed by atoms with Crippen LogP contribution in [0.5, 0.6) is 0 Å². The molecule has 10 heterocycles. The van der Waals surface area contributed by atoms with Crippen LogP contribution in [0.25, 0.3) is 218 Å². The molecule has 0 aliphatic rings. The summed E-state index contributed by atoms with van der Waals surface area (Å²) in [5, 5.41) is 19.5. The fourth-order valence-corrected chi connectivity index (χ4v) is 19.8. The molecule has 0 N–H and O–H groups in total. The molecule has 0 aliphatic heterocycles. The van der Waals surface area contributed by atoms with Gasteiger partial charge in [0.05, 0.1) is 76.6 Å². The van der Waals surface area contributed by atoms with Crippen molar-refractivity contribution < 1.29 is 4.42 Å². The van der Waals surface area contributed by atoms with Gasteiger partial charge in [-0.3, -0.25) is 9.97 Å². The van der Waals surface area contributed by atoms with E-state index in [1.807, 2.05) is 48.3 Å². The quantitative estimate of drug-likeness (QED) is 0.160. The molecule has 0 unspecified atom stereocenters. The zero-order chi connectivity index (χ0) is 71.8. The third-order valence-corrected chi connectivity index (χ3v) is 24.3. The maximum absolute atomic E-state index is 6.21. The Balaban J connectivity index is 0.000000129. The lowest BCUT2D eigenvalue weighted by molar-refractivity contribution is 0.669. The monoisotopic (exact) mass is 1420 g/mol. The number of rotatable bonds is 7. The van der Waals surface area contributed by atoms with Crippen LogP contribution in [0.3, 0.4) is 0 Å². The van der Waals surface area contributed by atoms with Gasteiger partial charge in [-0.15, -0.1) is 11.3 Å². The second-order valence-electron chi connectivity index (χ2n) is 28.7. The molecule has 25 rings (SSSR count). The fraction of sp³-hybridized carbons (Fsp3) is 0. The minimum atomic E-state index is 0.899. The van der Waals surface area contributed by atoms with Crippen LogP contribution in [0.2, 0.25) is 0 Å². The second kappa shape index (κ2) is 23.5. The van der Waals surface area contributed by atoms with Crippen molar-refractivity contribution in [2.75, 3.05) is 0 Å². The maximum Gasteiger partial charge on any atom is 0.135 e. The van der Waals surface area contributed by atoms with E-state index in [-0.39, 0.29) is 0 Å². The van der Waals surface area contributed by atoms with Gasteiger partial charge in [0, 0.05) is 144 Å². The number of para-hydroxylation sites is 7. The van der Waals surface area contributed by atoms with Crippen molar-refractivity contribution in [2.45, 2.75) is 0 Å². The summed E-state index contributed by atoms with van der Waals surface area (Å²) in [6, 6.07) is 123. The standard InChI is InChI=1S/C53H32N4S.C47H28N4O/c1-3-13-33(14-4-1)36-19-11-20-37-38-21-12-24-49(53(38)58-52(36)37)57-44-23-10-8-18-40(44)51-48(57)28-27-47-50(51)39-17-7-9-22-43(39)56(47)35-25-26-45-41(31-35)42-32-54-30-29-46(42)55(45)34-15-5-2-6-16-34;1-2-10-29(11-3-1)49-40-20-18-30(26-35(40)37-28-48-25-24-41(37)49)50-38-15-7-4-13-33(38)46-42(50)21-22-43-47(46)34-14-5-8-16-39(34)51(43)31-19-23-45-36(27-31)32-12-6-9-17-44(32)52-45/h1-32H;1-28H. The molecule has 0 saturated carbocycles. The van der Waals surface area contributed by atoms with Crippen LogP contribution >= 0.6 is 11.3 Å². The van der Waals surface area contributed by atoms with E-state index in [9.17, 15) is 0 Å². The third kappa shape index (κ3) is 8.67. The van der Waals surface area contributed by atoms with Gasteiger partial charge in [0.15, 0.2) is 0 Å². The molecule has 0 atom stereocenters. The van der Waals surface area contributed by atoms with Crippen molar-refractivity contribution in [3.8, 4) is 45.3 Å². The molecule has 0 radical (unpaired) electrons. The van der Waals surface area contributed by atoms with Crippen LogP contribution in [-0.4, -0.2) is 37.4 Å². The number of nitrogens with zero attached hydrogens (tertiary/aromatic N) is 8. The van der Waals surface area contributed by atoms with E-state index in [1.165, 1.54) is 135 Å². The Hall–Kier alpha value is -14.6. The molecular weight excluding hydrogens is 1360 g/mol. The van der Waals surface area contributed by atoms with E-state index < -0.39 is 0 Å². The average molecular weight is 1420 g/mol. The van der Waals surface area contributed by atoms with Crippen molar-refractivity contribution in [3.05, 3.63) is 365 Å². The van der Waals surface area contributed by atoms with Crippen LogP contribution < -0.4 is 0 Å². The van der Waals surface area contributed by atoms with Crippen LogP contribution in [0, 0.1) is 0 Å².